The van der Waals surface area contributed by atoms with Gasteiger partial charge in [-0.3, -0.25) is 4.79 Å². The van der Waals surface area contributed by atoms with Crippen molar-refractivity contribution < 1.29 is 9.18 Å². The van der Waals surface area contributed by atoms with E-state index in [0.29, 0.717) is 30.2 Å². The van der Waals surface area contributed by atoms with Crippen molar-refractivity contribution in [3.63, 3.8) is 0 Å². The summed E-state index contributed by atoms with van der Waals surface area (Å²) in [7, 11) is 0. The fourth-order valence-corrected chi connectivity index (χ4v) is 2.45. The molecule has 122 valence electrons. The van der Waals surface area contributed by atoms with Gasteiger partial charge in [-0.1, -0.05) is 35.3 Å². The van der Waals surface area contributed by atoms with E-state index in [0.717, 1.165) is 12.0 Å². The van der Waals surface area contributed by atoms with Gasteiger partial charge in [-0.05, 0) is 42.3 Å². The van der Waals surface area contributed by atoms with Crippen LogP contribution in [-0.4, -0.2) is 19.0 Å². The van der Waals surface area contributed by atoms with Gasteiger partial charge in [0.25, 0.3) is 0 Å². The topological polar surface area (TPSA) is 41.1 Å². The quantitative estimate of drug-likeness (QED) is 0.778. The van der Waals surface area contributed by atoms with Crippen LogP contribution in [0.2, 0.25) is 10.0 Å². The maximum Gasteiger partial charge on any atom is 0.221 e. The first kappa shape index (κ1) is 17.6. The van der Waals surface area contributed by atoms with E-state index in [1.807, 2.05) is 24.3 Å². The van der Waals surface area contributed by atoms with E-state index in [2.05, 4.69) is 10.6 Å². The molecular formula is C17H17Cl2FN2O. The standard InChI is InChI=1S/C17H17Cl2FN2O/c18-13-3-1-2-12(10-13)6-8-22-17(23)7-9-21-14-4-5-16(20)15(19)11-14/h1-5,10-11,21H,6-9H2,(H,22,23). The summed E-state index contributed by atoms with van der Waals surface area (Å²) in [5, 5.41) is 6.63. The molecule has 23 heavy (non-hydrogen) atoms. The molecule has 6 heteroatoms. The third kappa shape index (κ3) is 6.08. The van der Waals surface area contributed by atoms with Gasteiger partial charge in [0.1, 0.15) is 5.82 Å². The first-order valence-corrected chi connectivity index (χ1v) is 8.00. The second-order valence-electron chi connectivity index (χ2n) is 5.04. The summed E-state index contributed by atoms with van der Waals surface area (Å²) in [6.07, 6.45) is 1.05. The van der Waals surface area contributed by atoms with Gasteiger partial charge in [-0.15, -0.1) is 0 Å². The van der Waals surface area contributed by atoms with Crippen LogP contribution in [0.3, 0.4) is 0 Å². The Morgan fingerprint density at radius 1 is 1.09 bits per heavy atom. The Hall–Kier alpha value is -1.78. The number of nitrogens with one attached hydrogen (secondary N) is 2. The number of carbonyl (C=O) groups excluding carboxylic acids is 1. The van der Waals surface area contributed by atoms with Crippen LogP contribution in [0.5, 0.6) is 0 Å². The van der Waals surface area contributed by atoms with Gasteiger partial charge in [0.2, 0.25) is 5.91 Å². The third-order valence-corrected chi connectivity index (χ3v) is 3.75. The predicted octanol–water partition coefficient (Wildman–Crippen LogP) is 4.29. The van der Waals surface area contributed by atoms with Gasteiger partial charge in [0, 0.05) is 30.2 Å². The molecule has 0 aliphatic rings. The van der Waals surface area contributed by atoms with Crippen LogP contribution in [0, 0.1) is 5.82 Å². The van der Waals surface area contributed by atoms with Crippen LogP contribution in [0.1, 0.15) is 12.0 Å². The number of carbonyl (C=O) groups is 1. The number of benzene rings is 2. The zero-order valence-electron chi connectivity index (χ0n) is 12.4. The molecule has 0 aromatic heterocycles. The summed E-state index contributed by atoms with van der Waals surface area (Å²) in [5.74, 6) is -0.510. The van der Waals surface area contributed by atoms with Crippen molar-refractivity contribution in [2.24, 2.45) is 0 Å². The Morgan fingerprint density at radius 3 is 2.65 bits per heavy atom. The van der Waals surface area contributed by atoms with Crippen molar-refractivity contribution in [3.8, 4) is 0 Å². The third-order valence-electron chi connectivity index (χ3n) is 3.23. The van der Waals surface area contributed by atoms with E-state index in [4.69, 9.17) is 23.2 Å². The Bertz CT molecular complexity index is 679. The highest BCUT2D eigenvalue weighted by atomic mass is 35.5. The van der Waals surface area contributed by atoms with E-state index < -0.39 is 5.82 Å². The summed E-state index contributed by atoms with van der Waals surface area (Å²) < 4.78 is 13.0. The van der Waals surface area contributed by atoms with Crippen LogP contribution in [0.25, 0.3) is 0 Å². The Balaban J connectivity index is 1.66. The van der Waals surface area contributed by atoms with Crippen molar-refractivity contribution in [3.05, 3.63) is 63.9 Å². The summed E-state index contributed by atoms with van der Waals surface area (Å²) in [5.41, 5.74) is 1.76. The maximum atomic E-state index is 13.0. The molecule has 0 radical (unpaired) electrons. The maximum absolute atomic E-state index is 13.0. The molecule has 0 atom stereocenters. The lowest BCUT2D eigenvalue weighted by molar-refractivity contribution is -0.120. The van der Waals surface area contributed by atoms with E-state index in [-0.39, 0.29) is 10.9 Å². The predicted molar refractivity (Wildman–Crippen MR) is 92.7 cm³/mol. The smallest absolute Gasteiger partial charge is 0.221 e. The fraction of sp³-hybridized carbons (Fsp3) is 0.235. The van der Waals surface area contributed by atoms with Gasteiger partial charge in [0.05, 0.1) is 5.02 Å². The van der Waals surface area contributed by atoms with E-state index in [1.165, 1.54) is 12.1 Å². The van der Waals surface area contributed by atoms with Crippen molar-refractivity contribution in [2.45, 2.75) is 12.8 Å². The number of amides is 1. The van der Waals surface area contributed by atoms with Crippen LogP contribution >= 0.6 is 23.2 Å². The Morgan fingerprint density at radius 2 is 1.91 bits per heavy atom. The average molecular weight is 355 g/mol. The molecule has 0 bridgehead atoms. The highest BCUT2D eigenvalue weighted by Gasteiger charge is 2.03. The number of hydrogen-bond acceptors (Lipinski definition) is 2. The molecular weight excluding hydrogens is 338 g/mol. The van der Waals surface area contributed by atoms with E-state index in [1.54, 1.807) is 6.07 Å². The second-order valence-corrected chi connectivity index (χ2v) is 5.88. The molecule has 0 fully saturated rings. The molecule has 2 aromatic carbocycles. The van der Waals surface area contributed by atoms with Gasteiger partial charge in [-0.2, -0.15) is 0 Å². The van der Waals surface area contributed by atoms with Crippen molar-refractivity contribution in [2.75, 3.05) is 18.4 Å². The molecule has 2 rings (SSSR count). The number of rotatable bonds is 7. The van der Waals surface area contributed by atoms with Gasteiger partial charge in [0.15, 0.2) is 0 Å². The number of anilines is 1. The summed E-state index contributed by atoms with van der Waals surface area (Å²) in [6, 6.07) is 11.9. The van der Waals surface area contributed by atoms with Crippen molar-refractivity contribution in [1.29, 1.82) is 0 Å². The molecule has 0 saturated heterocycles. The second kappa shape index (κ2) is 8.75. The highest BCUT2D eigenvalue weighted by Crippen LogP contribution is 2.19. The first-order chi connectivity index (χ1) is 11.0. The highest BCUT2D eigenvalue weighted by molar-refractivity contribution is 6.31. The fourth-order valence-electron chi connectivity index (χ4n) is 2.05. The molecule has 2 aromatic rings. The molecule has 0 aliphatic heterocycles. The van der Waals surface area contributed by atoms with Crippen LogP contribution in [-0.2, 0) is 11.2 Å². The summed E-state index contributed by atoms with van der Waals surface area (Å²) >= 11 is 11.6. The lowest BCUT2D eigenvalue weighted by Crippen LogP contribution is -2.27. The monoisotopic (exact) mass is 354 g/mol. The minimum absolute atomic E-state index is 0.0484. The lowest BCUT2D eigenvalue weighted by atomic mass is 10.1. The van der Waals surface area contributed by atoms with Crippen molar-refractivity contribution >= 4 is 34.8 Å². The normalized spacial score (nSPS) is 10.4. The molecule has 3 nitrogen and oxygen atoms in total. The molecule has 0 heterocycles. The molecule has 1 amide bonds. The van der Waals surface area contributed by atoms with Crippen LogP contribution < -0.4 is 10.6 Å². The van der Waals surface area contributed by atoms with Gasteiger partial charge >= 0.3 is 0 Å². The number of hydrogen-bond donors (Lipinski definition) is 2. The van der Waals surface area contributed by atoms with Crippen LogP contribution in [0.15, 0.2) is 42.5 Å². The van der Waals surface area contributed by atoms with Gasteiger partial charge in [-0.25, -0.2) is 4.39 Å². The zero-order chi connectivity index (χ0) is 16.7. The SMILES string of the molecule is O=C(CCNc1ccc(F)c(Cl)c1)NCCc1cccc(Cl)c1. The summed E-state index contributed by atoms with van der Waals surface area (Å²) in [4.78, 5) is 11.7. The molecule has 0 spiro atoms. The molecule has 0 unspecified atom stereocenters. The Kier molecular flexibility index (Phi) is 6.68. The molecule has 0 aliphatic carbocycles. The van der Waals surface area contributed by atoms with E-state index >= 15 is 0 Å². The van der Waals surface area contributed by atoms with Crippen molar-refractivity contribution in [1.82, 2.24) is 5.32 Å². The number of halogens is 3. The zero-order valence-corrected chi connectivity index (χ0v) is 13.9. The van der Waals surface area contributed by atoms with E-state index in [9.17, 15) is 9.18 Å². The Labute approximate surface area is 144 Å². The lowest BCUT2D eigenvalue weighted by Gasteiger charge is -2.08. The summed E-state index contributed by atoms with van der Waals surface area (Å²) in [6.45, 7) is 1.01. The average Bonchev–Trinajstić information content (AvgIpc) is 2.51. The first-order valence-electron chi connectivity index (χ1n) is 7.24. The molecule has 0 saturated carbocycles. The largest absolute Gasteiger partial charge is 0.384 e. The van der Waals surface area contributed by atoms with Crippen LogP contribution in [0.4, 0.5) is 10.1 Å². The minimum Gasteiger partial charge on any atom is -0.384 e. The van der Waals surface area contributed by atoms with Gasteiger partial charge < -0.3 is 10.6 Å². The minimum atomic E-state index is -0.462. The molecule has 2 N–H and O–H groups in total.